The van der Waals surface area contributed by atoms with Crippen LogP contribution < -0.4 is 16.2 Å². The summed E-state index contributed by atoms with van der Waals surface area (Å²) < 4.78 is 5.20. The number of hydrogen-bond acceptors (Lipinski definition) is 4. The summed E-state index contributed by atoms with van der Waals surface area (Å²) in [5.74, 6) is 0.221. The Balaban J connectivity index is 2.09. The lowest BCUT2D eigenvalue weighted by Crippen LogP contribution is -2.04. The number of hydrogen-bond donors (Lipinski definition) is 3. The van der Waals surface area contributed by atoms with Crippen LogP contribution in [0.4, 0.5) is 5.69 Å². The van der Waals surface area contributed by atoms with Gasteiger partial charge in [0.05, 0.1) is 23.7 Å². The lowest BCUT2D eigenvalue weighted by atomic mass is 10.0. The van der Waals surface area contributed by atoms with Crippen molar-refractivity contribution in [1.82, 2.24) is 9.97 Å². The molecule has 6 heteroatoms. The van der Waals surface area contributed by atoms with Crippen molar-refractivity contribution in [2.24, 2.45) is 0 Å². The van der Waals surface area contributed by atoms with Crippen LogP contribution in [-0.4, -0.2) is 22.9 Å². The smallest absolute Gasteiger partial charge is 0.323 e. The first-order valence-corrected chi connectivity index (χ1v) is 6.29. The molecule has 0 saturated carbocycles. The molecule has 2 aromatic carbocycles. The highest BCUT2D eigenvalue weighted by Gasteiger charge is 2.15. The number of fused-ring (bicyclic) bond motifs is 1. The number of carbonyl (C=O) groups is 1. The molecule has 0 saturated heterocycles. The third-order valence-corrected chi connectivity index (χ3v) is 3.25. The summed E-state index contributed by atoms with van der Waals surface area (Å²) in [6.07, 6.45) is 0. The highest BCUT2D eigenvalue weighted by atomic mass is 16.5. The Hall–Kier alpha value is -3.02. The molecule has 0 aliphatic rings. The second-order valence-electron chi connectivity index (χ2n) is 4.63. The molecule has 4 N–H and O–H groups in total. The zero-order chi connectivity index (χ0) is 15.0. The minimum absolute atomic E-state index is 0.198. The molecule has 0 amide bonds. The van der Waals surface area contributed by atoms with Crippen molar-refractivity contribution < 1.29 is 9.53 Å². The van der Waals surface area contributed by atoms with E-state index in [2.05, 4.69) is 9.97 Å². The number of methoxy groups -OCH3 is 1. The number of H-pyrrole nitrogens is 2. The summed E-state index contributed by atoms with van der Waals surface area (Å²) >= 11 is 0. The predicted molar refractivity (Wildman–Crippen MR) is 79.8 cm³/mol. The topological polar surface area (TPSA) is 101 Å². The second-order valence-corrected chi connectivity index (χ2v) is 4.63. The molecule has 0 aliphatic heterocycles. The van der Waals surface area contributed by atoms with Crippen LogP contribution in [0.3, 0.4) is 0 Å². The zero-order valence-corrected chi connectivity index (χ0v) is 11.3. The van der Waals surface area contributed by atoms with E-state index in [4.69, 9.17) is 10.5 Å². The van der Waals surface area contributed by atoms with Crippen LogP contribution in [0.2, 0.25) is 0 Å². The van der Waals surface area contributed by atoms with Crippen molar-refractivity contribution in [2.45, 2.75) is 0 Å². The highest BCUT2D eigenvalue weighted by molar-refractivity contribution is 6.12. The van der Waals surface area contributed by atoms with Gasteiger partial charge in [0.15, 0.2) is 5.78 Å². The van der Waals surface area contributed by atoms with E-state index in [-0.39, 0.29) is 11.5 Å². The summed E-state index contributed by atoms with van der Waals surface area (Å²) in [5, 5.41) is 0. The van der Waals surface area contributed by atoms with Crippen LogP contribution in [0.1, 0.15) is 15.9 Å². The summed E-state index contributed by atoms with van der Waals surface area (Å²) in [7, 11) is 1.48. The maximum Gasteiger partial charge on any atom is 0.323 e. The number of ketones is 1. The average molecular weight is 283 g/mol. The van der Waals surface area contributed by atoms with Gasteiger partial charge >= 0.3 is 5.69 Å². The van der Waals surface area contributed by atoms with Crippen molar-refractivity contribution >= 4 is 22.5 Å². The Morgan fingerprint density at radius 3 is 2.62 bits per heavy atom. The molecule has 3 rings (SSSR count). The summed E-state index contributed by atoms with van der Waals surface area (Å²) in [6, 6.07) is 9.84. The monoisotopic (exact) mass is 283 g/mol. The molecular formula is C15H13N3O3. The lowest BCUT2D eigenvalue weighted by Gasteiger charge is -2.08. The van der Waals surface area contributed by atoms with Gasteiger partial charge in [-0.05, 0) is 30.3 Å². The number of aromatic amines is 2. The van der Waals surface area contributed by atoms with E-state index in [1.54, 1.807) is 36.4 Å². The fraction of sp³-hybridized carbons (Fsp3) is 0.0667. The van der Waals surface area contributed by atoms with Crippen molar-refractivity contribution in [3.63, 3.8) is 0 Å². The van der Waals surface area contributed by atoms with Gasteiger partial charge in [-0.1, -0.05) is 0 Å². The van der Waals surface area contributed by atoms with Gasteiger partial charge in [0.25, 0.3) is 0 Å². The summed E-state index contributed by atoms with van der Waals surface area (Å²) in [6.45, 7) is 0. The third kappa shape index (κ3) is 2.27. The molecule has 6 nitrogen and oxygen atoms in total. The maximum atomic E-state index is 12.6. The Kier molecular flexibility index (Phi) is 2.98. The Morgan fingerprint density at radius 2 is 1.86 bits per heavy atom. The van der Waals surface area contributed by atoms with E-state index in [0.717, 1.165) is 0 Å². The fourth-order valence-corrected chi connectivity index (χ4v) is 2.22. The van der Waals surface area contributed by atoms with Gasteiger partial charge in [-0.2, -0.15) is 0 Å². The largest absolute Gasteiger partial charge is 0.496 e. The molecule has 0 fully saturated rings. The average Bonchev–Trinajstić information content (AvgIpc) is 2.85. The highest BCUT2D eigenvalue weighted by Crippen LogP contribution is 2.25. The number of anilines is 1. The van der Waals surface area contributed by atoms with Crippen molar-refractivity contribution in [3.05, 3.63) is 58.0 Å². The van der Waals surface area contributed by atoms with E-state index in [0.29, 0.717) is 33.6 Å². The third-order valence-electron chi connectivity index (χ3n) is 3.25. The first kappa shape index (κ1) is 13.0. The van der Waals surface area contributed by atoms with Crippen molar-refractivity contribution in [3.8, 4) is 5.75 Å². The number of rotatable bonds is 3. The van der Waals surface area contributed by atoms with Gasteiger partial charge in [0.1, 0.15) is 5.75 Å². The standard InChI is InChI=1S/C15H13N3O3/c1-21-13-7-9(16)3-4-10(13)14(19)8-2-5-11-12(6-8)18-15(20)17-11/h2-7H,16H2,1H3,(H2,17,18,20). The van der Waals surface area contributed by atoms with E-state index < -0.39 is 0 Å². The summed E-state index contributed by atoms with van der Waals surface area (Å²) in [5.41, 5.74) is 8.02. The number of aromatic nitrogens is 2. The van der Waals surface area contributed by atoms with Gasteiger partial charge in [-0.15, -0.1) is 0 Å². The molecule has 1 aromatic heterocycles. The van der Waals surface area contributed by atoms with Crippen LogP contribution in [0.5, 0.6) is 5.75 Å². The molecule has 0 bridgehead atoms. The number of carbonyl (C=O) groups excluding carboxylic acids is 1. The molecule has 0 aliphatic carbocycles. The minimum atomic E-state index is -0.306. The van der Waals surface area contributed by atoms with E-state index in [9.17, 15) is 9.59 Å². The van der Waals surface area contributed by atoms with Crippen LogP contribution in [-0.2, 0) is 0 Å². The van der Waals surface area contributed by atoms with Gasteiger partial charge in [-0.3, -0.25) is 4.79 Å². The quantitative estimate of drug-likeness (QED) is 0.502. The van der Waals surface area contributed by atoms with Gasteiger partial charge in [-0.25, -0.2) is 4.79 Å². The number of nitrogen functional groups attached to an aromatic ring is 1. The minimum Gasteiger partial charge on any atom is -0.496 e. The summed E-state index contributed by atoms with van der Waals surface area (Å²) in [4.78, 5) is 29.1. The number of imidazole rings is 1. The van der Waals surface area contributed by atoms with E-state index in [1.165, 1.54) is 7.11 Å². The molecule has 3 aromatic rings. The molecule has 1 heterocycles. The predicted octanol–water partition coefficient (Wildman–Crippen LogP) is 1.68. The van der Waals surface area contributed by atoms with E-state index >= 15 is 0 Å². The number of ether oxygens (including phenoxy) is 1. The van der Waals surface area contributed by atoms with Crippen molar-refractivity contribution in [1.29, 1.82) is 0 Å². The first-order chi connectivity index (χ1) is 10.1. The number of nitrogens with two attached hydrogens (primary N) is 1. The Labute approximate surface area is 119 Å². The Bertz CT molecular complexity index is 893. The van der Waals surface area contributed by atoms with E-state index in [1.807, 2.05) is 0 Å². The van der Waals surface area contributed by atoms with Crippen LogP contribution in [0.25, 0.3) is 11.0 Å². The molecule has 0 spiro atoms. The first-order valence-electron chi connectivity index (χ1n) is 6.29. The van der Waals surface area contributed by atoms with Gasteiger partial charge < -0.3 is 20.4 Å². The van der Waals surface area contributed by atoms with Crippen LogP contribution in [0.15, 0.2) is 41.2 Å². The molecule has 0 unspecified atom stereocenters. The normalized spacial score (nSPS) is 10.7. The fourth-order valence-electron chi connectivity index (χ4n) is 2.22. The second kappa shape index (κ2) is 4.82. The lowest BCUT2D eigenvalue weighted by molar-refractivity contribution is 0.103. The van der Waals surface area contributed by atoms with Gasteiger partial charge in [0.2, 0.25) is 0 Å². The SMILES string of the molecule is COc1cc(N)ccc1C(=O)c1ccc2[nH]c(=O)[nH]c2c1. The molecule has 106 valence electrons. The van der Waals surface area contributed by atoms with Crippen LogP contribution in [0, 0.1) is 0 Å². The molecular weight excluding hydrogens is 270 g/mol. The zero-order valence-electron chi connectivity index (χ0n) is 11.3. The maximum absolute atomic E-state index is 12.6. The van der Waals surface area contributed by atoms with Crippen LogP contribution >= 0.6 is 0 Å². The Morgan fingerprint density at radius 1 is 1.10 bits per heavy atom. The molecule has 0 atom stereocenters. The number of benzene rings is 2. The number of nitrogens with one attached hydrogen (secondary N) is 2. The van der Waals surface area contributed by atoms with Crippen molar-refractivity contribution in [2.75, 3.05) is 12.8 Å². The molecule has 0 radical (unpaired) electrons. The molecule has 21 heavy (non-hydrogen) atoms. The van der Waals surface area contributed by atoms with Gasteiger partial charge in [0, 0.05) is 17.3 Å².